The Bertz CT molecular complexity index is 606. The molecule has 1 aliphatic rings. The third-order valence-electron chi connectivity index (χ3n) is 3.09. The van der Waals surface area contributed by atoms with Gasteiger partial charge in [0.15, 0.2) is 0 Å². The van der Waals surface area contributed by atoms with Crippen molar-refractivity contribution in [2.45, 2.75) is 6.04 Å². The predicted octanol–water partition coefficient (Wildman–Crippen LogP) is -1.28. The second-order valence-electron chi connectivity index (χ2n) is 4.42. The SMILES string of the molecule is NCC#Cc1cnccc1C(=O)N1CCOCC1C(N)=O. The van der Waals surface area contributed by atoms with Gasteiger partial charge in [0, 0.05) is 18.9 Å². The highest BCUT2D eigenvalue weighted by Crippen LogP contribution is 2.15. The number of carbonyl (C=O) groups excluding carboxylic acids is 2. The summed E-state index contributed by atoms with van der Waals surface area (Å²) >= 11 is 0. The third kappa shape index (κ3) is 3.37. The van der Waals surface area contributed by atoms with E-state index in [1.54, 1.807) is 6.07 Å². The van der Waals surface area contributed by atoms with Gasteiger partial charge in [0.25, 0.3) is 5.91 Å². The van der Waals surface area contributed by atoms with E-state index in [1.165, 1.54) is 17.3 Å². The van der Waals surface area contributed by atoms with Crippen molar-refractivity contribution >= 4 is 11.8 Å². The van der Waals surface area contributed by atoms with Crippen molar-refractivity contribution in [1.82, 2.24) is 9.88 Å². The molecule has 1 aromatic rings. The number of rotatable bonds is 2. The molecule has 7 heteroatoms. The standard InChI is InChI=1S/C14H16N4O3/c15-4-1-2-10-8-17-5-3-11(10)14(20)18-6-7-21-9-12(18)13(16)19/h3,5,8,12H,4,6-7,9,15H2,(H2,16,19). The van der Waals surface area contributed by atoms with Crippen LogP contribution < -0.4 is 11.5 Å². The molecule has 7 nitrogen and oxygen atoms in total. The molecule has 2 amide bonds. The molecule has 0 spiro atoms. The van der Waals surface area contributed by atoms with Gasteiger partial charge in [-0.15, -0.1) is 0 Å². The predicted molar refractivity (Wildman–Crippen MR) is 75.0 cm³/mol. The lowest BCUT2D eigenvalue weighted by Gasteiger charge is -2.33. The Hall–Kier alpha value is -2.43. The molecular formula is C14H16N4O3. The van der Waals surface area contributed by atoms with E-state index >= 15 is 0 Å². The molecule has 1 atom stereocenters. The highest BCUT2D eigenvalue weighted by molar-refractivity contribution is 5.99. The number of primary amides is 1. The number of morpholine rings is 1. The van der Waals surface area contributed by atoms with E-state index in [9.17, 15) is 9.59 Å². The molecule has 2 heterocycles. The molecule has 1 fully saturated rings. The van der Waals surface area contributed by atoms with E-state index < -0.39 is 11.9 Å². The zero-order valence-corrected chi connectivity index (χ0v) is 11.4. The van der Waals surface area contributed by atoms with Crippen molar-refractivity contribution in [2.24, 2.45) is 11.5 Å². The molecule has 0 aliphatic carbocycles. The van der Waals surface area contributed by atoms with Crippen LogP contribution in [0.25, 0.3) is 0 Å². The number of pyridine rings is 1. The van der Waals surface area contributed by atoms with Crippen LogP contribution in [-0.4, -0.2) is 54.0 Å². The molecule has 0 radical (unpaired) electrons. The van der Waals surface area contributed by atoms with E-state index in [0.29, 0.717) is 24.3 Å². The summed E-state index contributed by atoms with van der Waals surface area (Å²) < 4.78 is 5.20. The maximum absolute atomic E-state index is 12.6. The minimum absolute atomic E-state index is 0.107. The lowest BCUT2D eigenvalue weighted by atomic mass is 10.1. The van der Waals surface area contributed by atoms with Crippen LogP contribution in [0.15, 0.2) is 18.5 Å². The van der Waals surface area contributed by atoms with Gasteiger partial charge in [0.05, 0.1) is 30.9 Å². The Kier molecular flexibility index (Phi) is 4.87. The summed E-state index contributed by atoms with van der Waals surface area (Å²) in [6, 6.07) is 0.797. The zero-order valence-electron chi connectivity index (χ0n) is 11.4. The topological polar surface area (TPSA) is 112 Å². The second kappa shape index (κ2) is 6.83. The third-order valence-corrected chi connectivity index (χ3v) is 3.09. The molecule has 1 aromatic heterocycles. The minimum atomic E-state index is -0.769. The van der Waals surface area contributed by atoms with Crippen molar-refractivity contribution in [3.8, 4) is 11.8 Å². The Morgan fingerprint density at radius 2 is 2.33 bits per heavy atom. The van der Waals surface area contributed by atoms with E-state index in [4.69, 9.17) is 16.2 Å². The van der Waals surface area contributed by atoms with Crippen LogP contribution in [-0.2, 0) is 9.53 Å². The molecule has 1 aliphatic heterocycles. The maximum Gasteiger partial charge on any atom is 0.256 e. The smallest absolute Gasteiger partial charge is 0.256 e. The van der Waals surface area contributed by atoms with Crippen LogP contribution in [0.4, 0.5) is 0 Å². The van der Waals surface area contributed by atoms with E-state index in [-0.39, 0.29) is 19.1 Å². The first-order chi connectivity index (χ1) is 10.1. The van der Waals surface area contributed by atoms with E-state index in [2.05, 4.69) is 16.8 Å². The van der Waals surface area contributed by atoms with E-state index in [0.717, 1.165) is 0 Å². The van der Waals surface area contributed by atoms with Crippen LogP contribution in [0.2, 0.25) is 0 Å². The molecule has 0 bridgehead atoms. The Balaban J connectivity index is 2.32. The number of amides is 2. The molecule has 21 heavy (non-hydrogen) atoms. The number of hydrogen-bond donors (Lipinski definition) is 2. The molecule has 1 unspecified atom stereocenters. The first kappa shape index (κ1) is 15.0. The monoisotopic (exact) mass is 288 g/mol. The summed E-state index contributed by atoms with van der Waals surface area (Å²) in [7, 11) is 0. The van der Waals surface area contributed by atoms with Gasteiger partial charge in [0.1, 0.15) is 6.04 Å². The number of carbonyl (C=O) groups is 2. The summed E-state index contributed by atoms with van der Waals surface area (Å²) in [6.45, 7) is 0.961. The lowest BCUT2D eigenvalue weighted by Crippen LogP contribution is -2.54. The molecule has 110 valence electrons. The van der Waals surface area contributed by atoms with Crippen LogP contribution >= 0.6 is 0 Å². The van der Waals surface area contributed by atoms with Crippen LogP contribution in [0, 0.1) is 11.8 Å². The number of ether oxygens (including phenoxy) is 1. The van der Waals surface area contributed by atoms with Gasteiger partial charge >= 0.3 is 0 Å². The maximum atomic E-state index is 12.6. The van der Waals surface area contributed by atoms with Gasteiger partial charge in [0.2, 0.25) is 5.91 Å². The zero-order chi connectivity index (χ0) is 15.2. The van der Waals surface area contributed by atoms with Crippen molar-refractivity contribution in [3.05, 3.63) is 29.6 Å². The largest absolute Gasteiger partial charge is 0.377 e. The van der Waals surface area contributed by atoms with Crippen LogP contribution in [0.1, 0.15) is 15.9 Å². The van der Waals surface area contributed by atoms with Crippen LogP contribution in [0.3, 0.4) is 0 Å². The number of aromatic nitrogens is 1. The fourth-order valence-corrected chi connectivity index (χ4v) is 2.06. The fraction of sp³-hybridized carbons (Fsp3) is 0.357. The summed E-state index contributed by atoms with van der Waals surface area (Å²) in [5.41, 5.74) is 11.5. The molecular weight excluding hydrogens is 272 g/mol. The molecule has 1 saturated heterocycles. The van der Waals surface area contributed by atoms with Crippen molar-refractivity contribution in [2.75, 3.05) is 26.3 Å². The Morgan fingerprint density at radius 1 is 1.52 bits per heavy atom. The molecule has 0 aromatic carbocycles. The highest BCUT2D eigenvalue weighted by Gasteiger charge is 2.32. The van der Waals surface area contributed by atoms with Crippen LogP contribution in [0.5, 0.6) is 0 Å². The second-order valence-corrected chi connectivity index (χ2v) is 4.42. The van der Waals surface area contributed by atoms with E-state index in [1.807, 2.05) is 0 Å². The van der Waals surface area contributed by atoms with Gasteiger partial charge in [-0.25, -0.2) is 0 Å². The van der Waals surface area contributed by atoms with Crippen molar-refractivity contribution in [1.29, 1.82) is 0 Å². The van der Waals surface area contributed by atoms with Gasteiger partial charge < -0.3 is 21.1 Å². The first-order valence-electron chi connectivity index (χ1n) is 6.46. The molecule has 4 N–H and O–H groups in total. The average Bonchev–Trinajstić information content (AvgIpc) is 2.52. The number of nitrogens with two attached hydrogens (primary N) is 2. The number of hydrogen-bond acceptors (Lipinski definition) is 5. The quantitative estimate of drug-likeness (QED) is 0.658. The Labute approximate surface area is 122 Å². The minimum Gasteiger partial charge on any atom is -0.377 e. The van der Waals surface area contributed by atoms with Crippen molar-refractivity contribution < 1.29 is 14.3 Å². The normalized spacial score (nSPS) is 17.8. The Morgan fingerprint density at radius 3 is 3.05 bits per heavy atom. The lowest BCUT2D eigenvalue weighted by molar-refractivity contribution is -0.127. The molecule has 2 rings (SSSR count). The summed E-state index contributed by atoms with van der Waals surface area (Å²) in [5, 5.41) is 0. The highest BCUT2D eigenvalue weighted by atomic mass is 16.5. The van der Waals surface area contributed by atoms with Gasteiger partial charge in [-0.05, 0) is 6.07 Å². The van der Waals surface area contributed by atoms with Gasteiger partial charge in [-0.2, -0.15) is 0 Å². The van der Waals surface area contributed by atoms with Gasteiger partial charge in [-0.1, -0.05) is 11.8 Å². The summed E-state index contributed by atoms with van der Waals surface area (Å²) in [6.07, 6.45) is 3.00. The number of nitrogens with zero attached hydrogens (tertiary/aromatic N) is 2. The first-order valence-corrected chi connectivity index (χ1v) is 6.46. The summed E-state index contributed by atoms with van der Waals surface area (Å²) in [5.74, 6) is 4.59. The average molecular weight is 288 g/mol. The van der Waals surface area contributed by atoms with Gasteiger partial charge in [-0.3, -0.25) is 14.6 Å². The molecule has 0 saturated carbocycles. The fourth-order valence-electron chi connectivity index (χ4n) is 2.06. The summed E-state index contributed by atoms with van der Waals surface area (Å²) in [4.78, 5) is 29.4. The van der Waals surface area contributed by atoms with Crippen molar-refractivity contribution in [3.63, 3.8) is 0 Å².